The third-order valence-corrected chi connectivity index (χ3v) is 3.69. The lowest BCUT2D eigenvalue weighted by Crippen LogP contribution is -2.35. The van der Waals surface area contributed by atoms with E-state index in [0.717, 1.165) is 30.5 Å². The van der Waals surface area contributed by atoms with Gasteiger partial charge in [-0.15, -0.1) is 0 Å². The van der Waals surface area contributed by atoms with Crippen LogP contribution in [0.1, 0.15) is 32.7 Å². The Labute approximate surface area is 129 Å². The van der Waals surface area contributed by atoms with Crippen molar-refractivity contribution in [3.05, 3.63) is 18.5 Å². The van der Waals surface area contributed by atoms with E-state index < -0.39 is 0 Å². The van der Waals surface area contributed by atoms with Crippen LogP contribution in [-0.2, 0) is 4.74 Å². The van der Waals surface area contributed by atoms with Crippen molar-refractivity contribution in [2.75, 3.05) is 18.5 Å². The maximum absolute atomic E-state index is 11.9. The van der Waals surface area contributed by atoms with Crippen LogP contribution in [0.5, 0.6) is 0 Å². The Morgan fingerprint density at radius 1 is 1.50 bits per heavy atom. The summed E-state index contributed by atoms with van der Waals surface area (Å²) in [4.78, 5) is 16.3. The number of pyridine rings is 1. The summed E-state index contributed by atoms with van der Waals surface area (Å²) < 4.78 is 7.33. The maximum atomic E-state index is 11.9. The van der Waals surface area contributed by atoms with Gasteiger partial charge in [-0.05, 0) is 32.8 Å². The Morgan fingerprint density at radius 2 is 2.36 bits per heavy atom. The molecule has 1 atom stereocenters. The van der Waals surface area contributed by atoms with E-state index in [9.17, 15) is 4.79 Å². The summed E-state index contributed by atoms with van der Waals surface area (Å²) in [6.45, 7) is 5.43. The van der Waals surface area contributed by atoms with Crippen molar-refractivity contribution in [2.24, 2.45) is 0 Å². The van der Waals surface area contributed by atoms with Gasteiger partial charge >= 0.3 is 6.03 Å². The average Bonchev–Trinajstić information content (AvgIpc) is 3.14. The van der Waals surface area contributed by atoms with Gasteiger partial charge in [-0.25, -0.2) is 14.5 Å². The number of carbonyl (C=O) groups is 1. The van der Waals surface area contributed by atoms with Gasteiger partial charge in [0.2, 0.25) is 0 Å². The molecule has 2 aromatic rings. The first-order valence-corrected chi connectivity index (χ1v) is 7.63. The Kier molecular flexibility index (Phi) is 4.24. The number of urea groups is 1. The van der Waals surface area contributed by atoms with Gasteiger partial charge in [-0.2, -0.15) is 5.10 Å². The maximum Gasteiger partial charge on any atom is 0.319 e. The molecule has 2 aromatic heterocycles. The van der Waals surface area contributed by atoms with Gasteiger partial charge in [0.25, 0.3) is 0 Å². The first-order valence-electron chi connectivity index (χ1n) is 7.63. The number of nitrogens with one attached hydrogen (secondary N) is 2. The normalized spacial score (nSPS) is 18.0. The van der Waals surface area contributed by atoms with Crippen LogP contribution in [0.15, 0.2) is 18.5 Å². The van der Waals surface area contributed by atoms with E-state index >= 15 is 0 Å². The van der Waals surface area contributed by atoms with E-state index in [1.165, 1.54) is 0 Å². The highest BCUT2D eigenvalue weighted by Gasteiger charge is 2.16. The van der Waals surface area contributed by atoms with Crippen molar-refractivity contribution in [3.8, 4) is 0 Å². The second-order valence-corrected chi connectivity index (χ2v) is 5.79. The molecule has 3 heterocycles. The summed E-state index contributed by atoms with van der Waals surface area (Å²) in [5.41, 5.74) is 1.47. The molecular weight excluding hydrogens is 282 g/mol. The molecule has 118 valence electrons. The third kappa shape index (κ3) is 3.19. The molecule has 2 N–H and O–H groups in total. The SMILES string of the molecule is CC(C)n1ncc2cc(NC(=O)NC[C@H]3CCCO3)cnc21. The van der Waals surface area contributed by atoms with E-state index in [4.69, 9.17) is 4.74 Å². The molecule has 1 saturated heterocycles. The van der Waals surface area contributed by atoms with Crippen LogP contribution in [0.2, 0.25) is 0 Å². The van der Waals surface area contributed by atoms with Crippen LogP contribution in [0.4, 0.5) is 10.5 Å². The Hall–Kier alpha value is -2.15. The predicted molar refractivity (Wildman–Crippen MR) is 83.9 cm³/mol. The largest absolute Gasteiger partial charge is 0.376 e. The number of carbonyl (C=O) groups excluding carboxylic acids is 1. The summed E-state index contributed by atoms with van der Waals surface area (Å²) in [6.07, 6.45) is 5.61. The highest BCUT2D eigenvalue weighted by Crippen LogP contribution is 2.19. The number of anilines is 1. The molecule has 1 aliphatic rings. The van der Waals surface area contributed by atoms with Crippen molar-refractivity contribution < 1.29 is 9.53 Å². The molecule has 0 unspecified atom stereocenters. The molecule has 0 bridgehead atoms. The minimum atomic E-state index is -0.243. The van der Waals surface area contributed by atoms with Gasteiger partial charge in [0.1, 0.15) is 0 Å². The summed E-state index contributed by atoms with van der Waals surface area (Å²) >= 11 is 0. The second-order valence-electron chi connectivity index (χ2n) is 5.79. The molecular formula is C15H21N5O2. The minimum absolute atomic E-state index is 0.135. The zero-order chi connectivity index (χ0) is 15.5. The van der Waals surface area contributed by atoms with Gasteiger partial charge in [0, 0.05) is 24.6 Å². The molecule has 3 rings (SSSR count). The predicted octanol–water partition coefficient (Wildman–Crippen LogP) is 2.31. The number of fused-ring (bicyclic) bond motifs is 1. The lowest BCUT2D eigenvalue weighted by atomic mass is 10.2. The molecule has 0 aromatic carbocycles. The standard InChI is InChI=1S/C15H21N5O2/c1-10(2)20-14-11(7-18-20)6-12(8-16-14)19-15(21)17-9-13-4-3-5-22-13/h6-8,10,13H,3-5,9H2,1-2H3,(H2,17,19,21)/t13-/m1/s1. The van der Waals surface area contributed by atoms with Gasteiger partial charge in [-0.3, -0.25) is 0 Å². The first-order chi connectivity index (χ1) is 10.6. The van der Waals surface area contributed by atoms with Crippen LogP contribution in [0.25, 0.3) is 11.0 Å². The molecule has 0 radical (unpaired) electrons. The fourth-order valence-corrected chi connectivity index (χ4v) is 2.57. The topological polar surface area (TPSA) is 81.1 Å². The lowest BCUT2D eigenvalue weighted by molar-refractivity contribution is 0.112. The third-order valence-electron chi connectivity index (χ3n) is 3.69. The first kappa shape index (κ1) is 14.8. The Bertz CT molecular complexity index is 661. The number of amides is 2. The molecule has 1 fully saturated rings. The number of hydrogen-bond acceptors (Lipinski definition) is 4. The van der Waals surface area contributed by atoms with Gasteiger partial charge in [-0.1, -0.05) is 0 Å². The molecule has 7 nitrogen and oxygen atoms in total. The van der Waals surface area contributed by atoms with Gasteiger partial charge < -0.3 is 15.4 Å². The number of rotatable bonds is 4. The summed E-state index contributed by atoms with van der Waals surface area (Å²) in [5, 5.41) is 10.8. The van der Waals surface area contributed by atoms with Crippen molar-refractivity contribution in [3.63, 3.8) is 0 Å². The average molecular weight is 303 g/mol. The molecule has 2 amide bonds. The van der Waals surface area contributed by atoms with E-state index in [1.807, 2.05) is 10.7 Å². The molecule has 1 aliphatic heterocycles. The van der Waals surface area contributed by atoms with Gasteiger partial charge in [0.15, 0.2) is 5.65 Å². The number of aromatic nitrogens is 3. The Morgan fingerprint density at radius 3 is 3.09 bits per heavy atom. The zero-order valence-electron chi connectivity index (χ0n) is 12.9. The molecule has 22 heavy (non-hydrogen) atoms. The summed E-state index contributed by atoms with van der Waals surface area (Å²) in [7, 11) is 0. The molecule has 0 aliphatic carbocycles. The molecule has 0 saturated carbocycles. The Balaban J connectivity index is 1.62. The van der Waals surface area contributed by atoms with Crippen molar-refractivity contribution in [1.82, 2.24) is 20.1 Å². The van der Waals surface area contributed by atoms with Crippen LogP contribution in [0, 0.1) is 0 Å². The molecule has 0 spiro atoms. The summed E-state index contributed by atoms with van der Waals surface area (Å²) in [5.74, 6) is 0. The highest BCUT2D eigenvalue weighted by atomic mass is 16.5. The van der Waals surface area contributed by atoms with Crippen molar-refractivity contribution in [1.29, 1.82) is 0 Å². The number of nitrogens with zero attached hydrogens (tertiary/aromatic N) is 3. The number of hydrogen-bond donors (Lipinski definition) is 2. The zero-order valence-corrected chi connectivity index (χ0v) is 12.9. The smallest absolute Gasteiger partial charge is 0.319 e. The van der Waals surface area contributed by atoms with Gasteiger partial charge in [0.05, 0.1) is 24.2 Å². The highest BCUT2D eigenvalue weighted by molar-refractivity contribution is 5.91. The van der Waals surface area contributed by atoms with Crippen molar-refractivity contribution >= 4 is 22.8 Å². The fourth-order valence-electron chi connectivity index (χ4n) is 2.57. The van der Waals surface area contributed by atoms with Crippen LogP contribution < -0.4 is 10.6 Å². The van der Waals surface area contributed by atoms with E-state index in [-0.39, 0.29) is 18.2 Å². The van der Waals surface area contributed by atoms with Crippen LogP contribution in [-0.4, -0.2) is 40.1 Å². The van der Waals surface area contributed by atoms with Crippen LogP contribution >= 0.6 is 0 Å². The lowest BCUT2D eigenvalue weighted by Gasteiger charge is -2.12. The van der Waals surface area contributed by atoms with E-state index in [0.29, 0.717) is 12.2 Å². The van der Waals surface area contributed by atoms with Crippen LogP contribution in [0.3, 0.4) is 0 Å². The second kappa shape index (κ2) is 6.31. The number of ether oxygens (including phenoxy) is 1. The van der Waals surface area contributed by atoms with E-state index in [2.05, 4.69) is 34.6 Å². The fraction of sp³-hybridized carbons (Fsp3) is 0.533. The monoisotopic (exact) mass is 303 g/mol. The van der Waals surface area contributed by atoms with E-state index in [1.54, 1.807) is 12.4 Å². The van der Waals surface area contributed by atoms with Crippen molar-refractivity contribution in [2.45, 2.75) is 38.8 Å². The quantitative estimate of drug-likeness (QED) is 0.908. The minimum Gasteiger partial charge on any atom is -0.376 e. The summed E-state index contributed by atoms with van der Waals surface area (Å²) in [6, 6.07) is 1.88. The molecule has 7 heteroatoms.